The van der Waals surface area contributed by atoms with Gasteiger partial charge in [0.05, 0.1) is 0 Å². The van der Waals surface area contributed by atoms with Crippen LogP contribution in [0.4, 0.5) is 8.78 Å². The fourth-order valence-electron chi connectivity index (χ4n) is 2.28. The monoisotopic (exact) mass is 309 g/mol. The van der Waals surface area contributed by atoms with Crippen molar-refractivity contribution in [3.8, 4) is 0 Å². The van der Waals surface area contributed by atoms with Crippen LogP contribution in [0.15, 0.2) is 29.4 Å². The Labute approximate surface area is 131 Å². The molecular weight excluding hydrogens is 284 g/mol. The largest absolute Gasteiger partial charge is 0.404 e. The average Bonchev–Trinajstić information content (AvgIpc) is 2.49. The van der Waals surface area contributed by atoms with Gasteiger partial charge >= 0.3 is 0 Å². The highest BCUT2D eigenvalue weighted by Gasteiger charge is 2.17. The van der Waals surface area contributed by atoms with E-state index in [1.165, 1.54) is 18.5 Å². The van der Waals surface area contributed by atoms with E-state index in [4.69, 9.17) is 5.73 Å². The highest BCUT2D eigenvalue weighted by atomic mass is 19.3. The maximum Gasteiger partial charge on any atom is 0.264 e. The number of allylic oxidation sites excluding steroid dienone is 1. The minimum atomic E-state index is -2.54. The zero-order valence-electron chi connectivity index (χ0n) is 13.7. The first kappa shape index (κ1) is 18.3. The summed E-state index contributed by atoms with van der Waals surface area (Å²) in [6, 6.07) is 5.08. The quantitative estimate of drug-likeness (QED) is 0.781. The number of nitrogens with two attached hydrogens (primary N) is 1. The van der Waals surface area contributed by atoms with Crippen LogP contribution in [-0.4, -0.2) is 38.8 Å². The van der Waals surface area contributed by atoms with Crippen molar-refractivity contribution in [1.29, 1.82) is 0 Å². The third kappa shape index (κ3) is 4.91. The fourth-order valence-corrected chi connectivity index (χ4v) is 2.28. The first-order chi connectivity index (χ1) is 10.4. The van der Waals surface area contributed by atoms with Crippen molar-refractivity contribution in [2.45, 2.75) is 25.7 Å². The summed E-state index contributed by atoms with van der Waals surface area (Å²) in [5.74, 6) is 0.283. The van der Waals surface area contributed by atoms with Gasteiger partial charge in [-0.3, -0.25) is 4.99 Å². The SMILES string of the molecule is CN=CC(=CN)c1cc([C@@H](C)CCN(C)C)ccc1C(F)F. The number of nitrogens with zero attached hydrogens (tertiary/aromatic N) is 2. The Kier molecular flexibility index (Phi) is 7.18. The summed E-state index contributed by atoms with van der Waals surface area (Å²) < 4.78 is 26.5. The van der Waals surface area contributed by atoms with Crippen LogP contribution in [0.25, 0.3) is 5.57 Å². The maximum atomic E-state index is 13.2. The topological polar surface area (TPSA) is 41.6 Å². The van der Waals surface area contributed by atoms with Crippen LogP contribution < -0.4 is 5.73 Å². The van der Waals surface area contributed by atoms with Crippen molar-refractivity contribution in [3.63, 3.8) is 0 Å². The van der Waals surface area contributed by atoms with E-state index in [-0.39, 0.29) is 11.5 Å². The Morgan fingerprint density at radius 1 is 1.36 bits per heavy atom. The average molecular weight is 309 g/mol. The minimum Gasteiger partial charge on any atom is -0.404 e. The van der Waals surface area contributed by atoms with Gasteiger partial charge in [0.2, 0.25) is 0 Å². The Morgan fingerprint density at radius 2 is 2.05 bits per heavy atom. The van der Waals surface area contributed by atoms with E-state index >= 15 is 0 Å². The third-order valence-electron chi connectivity index (χ3n) is 3.65. The van der Waals surface area contributed by atoms with Gasteiger partial charge in [-0.05, 0) is 44.1 Å². The normalized spacial score (nSPS) is 14.3. The summed E-state index contributed by atoms with van der Waals surface area (Å²) in [7, 11) is 5.63. The van der Waals surface area contributed by atoms with Crippen molar-refractivity contribution in [3.05, 3.63) is 41.1 Å². The Balaban J connectivity index is 3.19. The molecule has 0 aliphatic carbocycles. The van der Waals surface area contributed by atoms with Gasteiger partial charge in [-0.2, -0.15) is 0 Å². The lowest BCUT2D eigenvalue weighted by Gasteiger charge is -2.18. The van der Waals surface area contributed by atoms with Crippen molar-refractivity contribution < 1.29 is 8.78 Å². The molecule has 1 atom stereocenters. The first-order valence-electron chi connectivity index (χ1n) is 7.31. The van der Waals surface area contributed by atoms with Gasteiger partial charge < -0.3 is 10.6 Å². The van der Waals surface area contributed by atoms with E-state index in [1.54, 1.807) is 13.1 Å². The molecule has 22 heavy (non-hydrogen) atoms. The third-order valence-corrected chi connectivity index (χ3v) is 3.65. The highest BCUT2D eigenvalue weighted by Crippen LogP contribution is 2.31. The molecule has 0 aromatic heterocycles. The van der Waals surface area contributed by atoms with Crippen LogP contribution in [0.1, 0.15) is 42.4 Å². The molecule has 3 nitrogen and oxygen atoms in total. The molecule has 0 unspecified atom stereocenters. The van der Waals surface area contributed by atoms with Crippen molar-refractivity contribution in [2.75, 3.05) is 27.7 Å². The molecule has 0 saturated heterocycles. The lowest BCUT2D eigenvalue weighted by molar-refractivity contribution is 0.151. The summed E-state index contributed by atoms with van der Waals surface area (Å²) in [5.41, 5.74) is 7.57. The van der Waals surface area contributed by atoms with Crippen LogP contribution in [0.2, 0.25) is 0 Å². The molecule has 0 heterocycles. The highest BCUT2D eigenvalue weighted by molar-refractivity contribution is 6.10. The van der Waals surface area contributed by atoms with E-state index in [1.807, 2.05) is 20.2 Å². The molecule has 1 rings (SSSR count). The molecule has 0 amide bonds. The van der Waals surface area contributed by atoms with Gasteiger partial charge in [0.25, 0.3) is 6.43 Å². The lowest BCUT2D eigenvalue weighted by atomic mass is 9.91. The van der Waals surface area contributed by atoms with Crippen molar-refractivity contribution in [2.24, 2.45) is 10.7 Å². The smallest absolute Gasteiger partial charge is 0.264 e. The molecule has 0 aliphatic rings. The van der Waals surface area contributed by atoms with Gasteiger partial charge in [0.1, 0.15) is 0 Å². The zero-order chi connectivity index (χ0) is 16.7. The second kappa shape index (κ2) is 8.63. The predicted molar refractivity (Wildman–Crippen MR) is 89.6 cm³/mol. The van der Waals surface area contributed by atoms with Gasteiger partial charge in [-0.1, -0.05) is 25.1 Å². The molecule has 0 saturated carbocycles. The van der Waals surface area contributed by atoms with Crippen LogP contribution in [0.5, 0.6) is 0 Å². The maximum absolute atomic E-state index is 13.2. The molecule has 0 radical (unpaired) electrons. The van der Waals surface area contributed by atoms with Gasteiger partial charge in [-0.15, -0.1) is 0 Å². The second-order valence-electron chi connectivity index (χ2n) is 5.65. The minimum absolute atomic E-state index is 0.0137. The molecule has 1 aromatic carbocycles. The summed E-state index contributed by atoms with van der Waals surface area (Å²) in [5, 5.41) is 0. The van der Waals surface area contributed by atoms with Crippen LogP contribution >= 0.6 is 0 Å². The standard InChI is InChI=1S/C17H25F2N3/c1-12(7-8-22(3)4)13-5-6-15(17(18)19)16(9-13)14(10-20)11-21-2/h5-6,9-12,17H,7-8,20H2,1-4H3/t12-/m0/s1. The molecule has 122 valence electrons. The molecule has 1 aromatic rings. The Bertz CT molecular complexity index is 537. The number of halogens is 2. The number of hydrogen-bond donors (Lipinski definition) is 1. The first-order valence-corrected chi connectivity index (χ1v) is 7.31. The van der Waals surface area contributed by atoms with E-state index in [0.29, 0.717) is 11.1 Å². The van der Waals surface area contributed by atoms with E-state index in [9.17, 15) is 8.78 Å². The summed E-state index contributed by atoms with van der Waals surface area (Å²) in [6.07, 6.45) is 1.25. The molecule has 0 bridgehead atoms. The number of hydrogen-bond acceptors (Lipinski definition) is 3. The van der Waals surface area contributed by atoms with Crippen LogP contribution in [0, 0.1) is 0 Å². The summed E-state index contributed by atoms with van der Waals surface area (Å²) >= 11 is 0. The van der Waals surface area contributed by atoms with E-state index in [0.717, 1.165) is 18.5 Å². The summed E-state index contributed by atoms with van der Waals surface area (Å²) in [6.45, 7) is 3.05. The zero-order valence-corrected chi connectivity index (χ0v) is 13.7. The summed E-state index contributed by atoms with van der Waals surface area (Å²) in [4.78, 5) is 6.00. The molecule has 0 fully saturated rings. The van der Waals surface area contributed by atoms with E-state index < -0.39 is 6.43 Å². The van der Waals surface area contributed by atoms with Gasteiger partial charge in [-0.25, -0.2) is 8.78 Å². The van der Waals surface area contributed by atoms with Crippen LogP contribution in [-0.2, 0) is 0 Å². The molecular formula is C17H25F2N3. The number of benzene rings is 1. The van der Waals surface area contributed by atoms with Gasteiger partial charge in [0, 0.05) is 30.6 Å². The van der Waals surface area contributed by atoms with Crippen molar-refractivity contribution in [1.82, 2.24) is 4.90 Å². The Hall–Kier alpha value is -1.75. The predicted octanol–water partition coefficient (Wildman–Crippen LogP) is 3.68. The number of rotatable bonds is 7. The van der Waals surface area contributed by atoms with Gasteiger partial charge in [0.15, 0.2) is 0 Å². The molecule has 2 N–H and O–H groups in total. The number of alkyl halides is 2. The van der Waals surface area contributed by atoms with E-state index in [2.05, 4.69) is 16.8 Å². The fraction of sp³-hybridized carbons (Fsp3) is 0.471. The van der Waals surface area contributed by atoms with Crippen molar-refractivity contribution >= 4 is 11.8 Å². The molecule has 0 spiro atoms. The van der Waals surface area contributed by atoms with Crippen LogP contribution in [0.3, 0.4) is 0 Å². The Morgan fingerprint density at radius 3 is 2.55 bits per heavy atom. The molecule has 0 aliphatic heterocycles. The molecule has 5 heteroatoms. The lowest BCUT2D eigenvalue weighted by Crippen LogP contribution is -2.15. The second-order valence-corrected chi connectivity index (χ2v) is 5.65. The number of aliphatic imine (C=N–C) groups is 1.